The number of hydrogen-bond acceptors (Lipinski definition) is 6. The number of halogens is 3. The third kappa shape index (κ3) is 5.44. The maximum atomic E-state index is 13.5. The van der Waals surface area contributed by atoms with E-state index >= 15 is 0 Å². The van der Waals surface area contributed by atoms with Gasteiger partial charge in [-0.05, 0) is 39.3 Å². The van der Waals surface area contributed by atoms with E-state index in [1.54, 1.807) is 12.4 Å². The molecule has 0 radical (unpaired) electrons. The fraction of sp³-hybridized carbons (Fsp3) is 0.407. The number of carbonyl (C=O) groups is 1. The average molecular weight is 547 g/mol. The summed E-state index contributed by atoms with van der Waals surface area (Å²) in [6, 6.07) is 6.86. The number of alkyl halides is 3. The van der Waals surface area contributed by atoms with Gasteiger partial charge in [0.1, 0.15) is 34.2 Å². The number of nitrogens with zero attached hydrogens (tertiary/aromatic N) is 3. The summed E-state index contributed by atoms with van der Waals surface area (Å²) in [6.45, 7) is 3.52. The van der Waals surface area contributed by atoms with E-state index in [1.165, 1.54) is 25.1 Å². The van der Waals surface area contributed by atoms with Gasteiger partial charge in [-0.25, -0.2) is 4.98 Å². The van der Waals surface area contributed by atoms with Gasteiger partial charge in [-0.15, -0.1) is 11.3 Å². The number of likely N-dealkylation sites (tertiary alicyclic amines) is 1. The van der Waals surface area contributed by atoms with Gasteiger partial charge < -0.3 is 20.1 Å². The highest BCUT2D eigenvalue weighted by molar-refractivity contribution is 7.16. The van der Waals surface area contributed by atoms with Gasteiger partial charge in [0.25, 0.3) is 5.91 Å². The van der Waals surface area contributed by atoms with E-state index in [0.717, 1.165) is 73.3 Å². The Kier molecular flexibility index (Phi) is 7.23. The van der Waals surface area contributed by atoms with E-state index in [2.05, 4.69) is 16.9 Å². The Labute approximate surface area is 222 Å². The highest BCUT2D eigenvalue weighted by Gasteiger charge is 2.35. The number of piperidine rings is 1. The Morgan fingerprint density at radius 2 is 1.95 bits per heavy atom. The molecule has 1 aliphatic carbocycles. The Balaban J connectivity index is 1.42. The number of carbonyl (C=O) groups excluding carboxylic acids is 1. The topological polar surface area (TPSA) is 82.6 Å². The van der Waals surface area contributed by atoms with Crippen LogP contribution < -0.4 is 10.5 Å². The van der Waals surface area contributed by atoms with Crippen LogP contribution >= 0.6 is 11.3 Å². The van der Waals surface area contributed by atoms with Crippen LogP contribution in [0.15, 0.2) is 42.4 Å². The van der Waals surface area contributed by atoms with Crippen molar-refractivity contribution in [1.29, 1.82) is 0 Å². The molecule has 1 amide bonds. The van der Waals surface area contributed by atoms with Gasteiger partial charge in [0.2, 0.25) is 0 Å². The molecule has 202 valence electrons. The minimum absolute atomic E-state index is 0.0261. The first-order valence-corrected chi connectivity index (χ1v) is 13.3. The minimum Gasteiger partial charge on any atom is -0.495 e. The standard InChI is InChI=1S/C27H29F3N4O3S/c1-16(19-5-3-4-6-20(19)27(28,29)30)36-23-14-24(38-25(23)26(31)35)34-15-32-21-8-7-18(13-22(21)34)37-17-9-11-33(2)12-10-17/h3-6,13-17H,7-12H2,1-2H3,(H2,31,35)/t16-/m1/s1. The first-order valence-electron chi connectivity index (χ1n) is 12.5. The molecule has 1 saturated heterocycles. The lowest BCUT2D eigenvalue weighted by molar-refractivity contribution is -0.139. The molecule has 11 heteroatoms. The molecule has 1 aliphatic heterocycles. The number of fused-ring (bicyclic) bond motifs is 1. The van der Waals surface area contributed by atoms with Gasteiger partial charge in [0.05, 0.1) is 22.7 Å². The van der Waals surface area contributed by atoms with Crippen LogP contribution in [0.5, 0.6) is 5.75 Å². The second-order valence-corrected chi connectivity index (χ2v) is 10.7. The summed E-state index contributed by atoms with van der Waals surface area (Å²) >= 11 is 1.11. The third-order valence-corrected chi connectivity index (χ3v) is 8.06. The molecule has 2 aromatic heterocycles. The molecule has 0 saturated carbocycles. The minimum atomic E-state index is -4.53. The first kappa shape index (κ1) is 26.3. The number of benzene rings is 1. The molecule has 0 unspecified atom stereocenters. The lowest BCUT2D eigenvalue weighted by atomic mass is 10.0. The summed E-state index contributed by atoms with van der Waals surface area (Å²) in [6.07, 6.45) is 1.77. The molecule has 2 aliphatic rings. The molecule has 2 N–H and O–H groups in total. The molecular formula is C27H29F3N4O3S. The Bertz CT molecular complexity index is 1360. The number of allylic oxidation sites excluding steroid dienone is 1. The van der Waals surface area contributed by atoms with Gasteiger partial charge in [-0.1, -0.05) is 18.2 Å². The van der Waals surface area contributed by atoms with Crippen molar-refractivity contribution < 1.29 is 27.4 Å². The average Bonchev–Trinajstić information content (AvgIpc) is 3.49. The van der Waals surface area contributed by atoms with Gasteiger partial charge in [0.15, 0.2) is 0 Å². The van der Waals surface area contributed by atoms with Crippen LogP contribution in [0.4, 0.5) is 13.2 Å². The van der Waals surface area contributed by atoms with Crippen molar-refractivity contribution in [3.63, 3.8) is 0 Å². The Morgan fingerprint density at radius 3 is 2.66 bits per heavy atom. The molecule has 0 bridgehead atoms. The van der Waals surface area contributed by atoms with Crippen molar-refractivity contribution >= 4 is 23.3 Å². The van der Waals surface area contributed by atoms with Gasteiger partial charge in [-0.3, -0.25) is 9.36 Å². The van der Waals surface area contributed by atoms with Gasteiger partial charge in [0, 0.05) is 37.2 Å². The largest absolute Gasteiger partial charge is 0.495 e. The van der Waals surface area contributed by atoms with E-state index in [1.807, 2.05) is 10.6 Å². The fourth-order valence-corrected chi connectivity index (χ4v) is 5.82. The summed E-state index contributed by atoms with van der Waals surface area (Å²) in [5, 5.41) is 0.621. The zero-order chi connectivity index (χ0) is 27.0. The predicted molar refractivity (Wildman–Crippen MR) is 138 cm³/mol. The molecule has 3 aromatic rings. The second-order valence-electron chi connectivity index (χ2n) is 9.66. The fourth-order valence-electron chi connectivity index (χ4n) is 4.90. The molecule has 0 spiro atoms. The van der Waals surface area contributed by atoms with Gasteiger partial charge >= 0.3 is 6.18 Å². The number of primary amides is 1. The highest BCUT2D eigenvalue weighted by atomic mass is 32.1. The molecule has 5 rings (SSSR count). The number of ether oxygens (including phenoxy) is 2. The molecule has 1 atom stereocenters. The number of nitrogens with two attached hydrogens (primary N) is 1. The van der Waals surface area contributed by atoms with E-state index in [-0.39, 0.29) is 22.3 Å². The number of thiophene rings is 1. The molecule has 3 heterocycles. The van der Waals surface area contributed by atoms with Crippen molar-refractivity contribution in [2.75, 3.05) is 20.1 Å². The lowest BCUT2D eigenvalue weighted by Crippen LogP contribution is -2.34. The van der Waals surface area contributed by atoms with Crippen LogP contribution in [-0.4, -0.2) is 46.6 Å². The normalized spacial score (nSPS) is 17.6. The van der Waals surface area contributed by atoms with Crippen LogP contribution in [0, 0.1) is 0 Å². The Morgan fingerprint density at radius 1 is 1.21 bits per heavy atom. The zero-order valence-electron chi connectivity index (χ0n) is 21.1. The quantitative estimate of drug-likeness (QED) is 0.418. The molecule has 7 nitrogen and oxygen atoms in total. The van der Waals surface area contributed by atoms with Crippen LogP contribution in [0.1, 0.15) is 64.5 Å². The van der Waals surface area contributed by atoms with E-state index in [4.69, 9.17) is 15.2 Å². The van der Waals surface area contributed by atoms with Crippen molar-refractivity contribution in [2.24, 2.45) is 5.73 Å². The first-order chi connectivity index (χ1) is 18.1. The number of imidazole rings is 1. The van der Waals surface area contributed by atoms with Crippen LogP contribution in [0.25, 0.3) is 11.1 Å². The highest BCUT2D eigenvalue weighted by Crippen LogP contribution is 2.39. The Hall–Kier alpha value is -3.31. The van der Waals surface area contributed by atoms with Crippen LogP contribution in [0.2, 0.25) is 0 Å². The van der Waals surface area contributed by atoms with Crippen LogP contribution in [-0.2, 0) is 17.3 Å². The van der Waals surface area contributed by atoms with Crippen molar-refractivity contribution in [1.82, 2.24) is 14.5 Å². The summed E-state index contributed by atoms with van der Waals surface area (Å²) in [5.74, 6) is 0.310. The maximum absolute atomic E-state index is 13.5. The maximum Gasteiger partial charge on any atom is 0.416 e. The van der Waals surface area contributed by atoms with E-state index in [0.29, 0.717) is 5.00 Å². The molecule has 38 heavy (non-hydrogen) atoms. The summed E-state index contributed by atoms with van der Waals surface area (Å²) in [4.78, 5) is 19.2. The smallest absolute Gasteiger partial charge is 0.416 e. The number of amides is 1. The summed E-state index contributed by atoms with van der Waals surface area (Å²) in [5.41, 5.74) is 6.56. The lowest BCUT2D eigenvalue weighted by Gasteiger charge is -2.30. The van der Waals surface area contributed by atoms with Gasteiger partial charge in [-0.2, -0.15) is 13.2 Å². The van der Waals surface area contributed by atoms with Crippen molar-refractivity contribution in [2.45, 2.75) is 51.0 Å². The SMILES string of the molecule is C[C@@H](Oc1cc(-n2cnc3c2C=C(OC2CCN(C)CC2)CC3)sc1C(N)=O)c1ccccc1C(F)(F)F. The third-order valence-electron chi connectivity index (χ3n) is 6.93. The molecular weight excluding hydrogens is 517 g/mol. The predicted octanol–water partition coefficient (Wildman–Crippen LogP) is 5.59. The van der Waals surface area contributed by atoms with Crippen LogP contribution in [0.3, 0.4) is 0 Å². The molecule has 1 fully saturated rings. The zero-order valence-corrected chi connectivity index (χ0v) is 21.9. The van der Waals surface area contributed by atoms with E-state index in [9.17, 15) is 18.0 Å². The van der Waals surface area contributed by atoms with Crippen molar-refractivity contribution in [3.05, 3.63) is 69.8 Å². The number of aromatic nitrogens is 2. The number of rotatable bonds is 7. The number of aryl methyl sites for hydroxylation is 1. The monoisotopic (exact) mass is 546 g/mol. The summed E-state index contributed by atoms with van der Waals surface area (Å²) in [7, 11) is 2.11. The van der Waals surface area contributed by atoms with Crippen molar-refractivity contribution in [3.8, 4) is 10.8 Å². The second kappa shape index (κ2) is 10.5. The number of hydrogen-bond donors (Lipinski definition) is 1. The molecule has 1 aromatic carbocycles. The van der Waals surface area contributed by atoms with E-state index < -0.39 is 23.8 Å². The summed E-state index contributed by atoms with van der Waals surface area (Å²) < 4.78 is 54.7.